The van der Waals surface area contributed by atoms with E-state index in [1.54, 1.807) is 31.3 Å². The summed E-state index contributed by atoms with van der Waals surface area (Å²) in [6.45, 7) is 0. The van der Waals surface area contributed by atoms with Gasteiger partial charge in [-0.25, -0.2) is 4.72 Å². The van der Waals surface area contributed by atoms with Crippen molar-refractivity contribution in [1.29, 1.82) is 0 Å². The van der Waals surface area contributed by atoms with Crippen molar-refractivity contribution in [2.24, 2.45) is 0 Å². The Morgan fingerprint density at radius 2 is 2.00 bits per heavy atom. The molecular weight excluding hydrogens is 198 g/mol. The Balaban J connectivity index is 2.64. The molecule has 0 heterocycles. The summed E-state index contributed by atoms with van der Waals surface area (Å²) in [5.41, 5.74) is 0. The second-order valence-electron chi connectivity index (χ2n) is 1.98. The highest BCUT2D eigenvalue weighted by Gasteiger charge is 1.97. The van der Waals surface area contributed by atoms with Gasteiger partial charge in [0.25, 0.3) is 11.3 Å². The van der Waals surface area contributed by atoms with E-state index in [0.29, 0.717) is 10.8 Å². The lowest BCUT2D eigenvalue weighted by Crippen LogP contribution is -2.15. The zero-order valence-electron chi connectivity index (χ0n) is 6.41. The van der Waals surface area contributed by atoms with E-state index in [-0.39, 0.29) is 0 Å². The van der Waals surface area contributed by atoms with Gasteiger partial charge in [-0.15, -0.1) is 0 Å². The molecule has 0 amide bonds. The predicted molar refractivity (Wildman–Crippen MR) is 49.3 cm³/mol. The molecule has 0 aliphatic carbocycles. The first-order valence-electron chi connectivity index (χ1n) is 3.25. The molecule has 5 heteroatoms. The largest absolute Gasteiger partial charge is 0.389 e. The first kappa shape index (κ1) is 9.51. The summed E-state index contributed by atoms with van der Waals surface area (Å²) in [6.07, 6.45) is 0. The van der Waals surface area contributed by atoms with Crippen molar-refractivity contribution in [3.63, 3.8) is 0 Å². The van der Waals surface area contributed by atoms with Crippen molar-refractivity contribution < 1.29 is 8.39 Å². The monoisotopic (exact) mass is 205 g/mol. The van der Waals surface area contributed by atoms with E-state index in [4.69, 9.17) is 15.8 Å². The van der Waals surface area contributed by atoms with E-state index in [2.05, 4.69) is 4.72 Å². The first-order chi connectivity index (χ1) is 5.72. The molecule has 1 rings (SSSR count). The smallest absolute Gasteiger partial charge is 0.287 e. The van der Waals surface area contributed by atoms with Crippen LogP contribution in [0.2, 0.25) is 5.02 Å². The van der Waals surface area contributed by atoms with E-state index < -0.39 is 11.3 Å². The number of rotatable bonds is 3. The minimum Gasteiger partial charge on any atom is -0.389 e. The summed E-state index contributed by atoms with van der Waals surface area (Å²) < 4.78 is 18.2. The van der Waals surface area contributed by atoms with Gasteiger partial charge in [0, 0.05) is 5.02 Å². The lowest BCUT2D eigenvalue weighted by molar-refractivity contribution is 0.554. The molecule has 0 radical (unpaired) electrons. The molecule has 0 bridgehead atoms. The first-order valence-corrected chi connectivity index (χ1v) is 4.70. The third-order valence-electron chi connectivity index (χ3n) is 1.15. The molecule has 3 nitrogen and oxygen atoms in total. The molecular formula is C7H8ClNO2S. The van der Waals surface area contributed by atoms with Crippen molar-refractivity contribution in [2.75, 3.05) is 7.05 Å². The van der Waals surface area contributed by atoms with Crippen molar-refractivity contribution in [2.45, 2.75) is 0 Å². The molecule has 1 aromatic carbocycles. The molecule has 1 unspecified atom stereocenters. The van der Waals surface area contributed by atoms with E-state index in [1.165, 1.54) is 0 Å². The summed E-state index contributed by atoms with van der Waals surface area (Å²) in [5, 5.41) is 0.623. The summed E-state index contributed by atoms with van der Waals surface area (Å²) in [6, 6.07) is 6.64. The van der Waals surface area contributed by atoms with E-state index in [1.807, 2.05) is 0 Å². The lowest BCUT2D eigenvalue weighted by atomic mass is 10.3. The molecule has 66 valence electrons. The van der Waals surface area contributed by atoms with E-state index in [9.17, 15) is 4.21 Å². The third kappa shape index (κ3) is 2.81. The van der Waals surface area contributed by atoms with Gasteiger partial charge in [0.2, 0.25) is 0 Å². The van der Waals surface area contributed by atoms with Crippen LogP contribution in [0.1, 0.15) is 0 Å². The Kier molecular flexibility index (Phi) is 3.52. The number of halogens is 1. The zero-order valence-corrected chi connectivity index (χ0v) is 7.98. The second kappa shape index (κ2) is 4.45. The van der Waals surface area contributed by atoms with Crippen LogP contribution in [0.15, 0.2) is 24.3 Å². The Morgan fingerprint density at radius 3 is 2.50 bits per heavy atom. The molecule has 12 heavy (non-hydrogen) atoms. The maximum atomic E-state index is 10.8. The van der Waals surface area contributed by atoms with Crippen molar-refractivity contribution in [3.8, 4) is 5.75 Å². The van der Waals surface area contributed by atoms with Crippen molar-refractivity contribution in [3.05, 3.63) is 29.3 Å². The number of benzene rings is 1. The number of nitrogens with one attached hydrogen (secondary N) is 1. The molecule has 0 saturated carbocycles. The molecule has 1 aromatic rings. The van der Waals surface area contributed by atoms with E-state index in [0.717, 1.165) is 0 Å². The maximum Gasteiger partial charge on any atom is 0.287 e. The van der Waals surface area contributed by atoms with Gasteiger partial charge in [0.15, 0.2) is 0 Å². The third-order valence-corrected chi connectivity index (χ3v) is 2.08. The van der Waals surface area contributed by atoms with Crippen LogP contribution in [0.25, 0.3) is 0 Å². The Morgan fingerprint density at radius 1 is 1.42 bits per heavy atom. The van der Waals surface area contributed by atoms with Gasteiger partial charge in [0.1, 0.15) is 5.75 Å². The molecule has 1 atom stereocenters. The van der Waals surface area contributed by atoms with Gasteiger partial charge in [0.05, 0.1) is 0 Å². The quantitative estimate of drug-likeness (QED) is 0.813. The van der Waals surface area contributed by atoms with Gasteiger partial charge < -0.3 is 4.18 Å². The number of hydrogen-bond acceptors (Lipinski definition) is 2. The molecule has 0 aliphatic rings. The van der Waals surface area contributed by atoms with Gasteiger partial charge >= 0.3 is 0 Å². The molecule has 1 N–H and O–H groups in total. The molecule has 0 aromatic heterocycles. The normalized spacial score (nSPS) is 12.5. The van der Waals surface area contributed by atoms with Crippen LogP contribution >= 0.6 is 11.6 Å². The lowest BCUT2D eigenvalue weighted by Gasteiger charge is -2.01. The van der Waals surface area contributed by atoms with Gasteiger partial charge in [-0.3, -0.25) is 0 Å². The minimum atomic E-state index is -1.48. The average molecular weight is 206 g/mol. The summed E-state index contributed by atoms with van der Waals surface area (Å²) >= 11 is 4.16. The van der Waals surface area contributed by atoms with Crippen LogP contribution in [-0.4, -0.2) is 11.3 Å². The fourth-order valence-corrected chi connectivity index (χ4v) is 1.11. The molecule has 0 aliphatic heterocycles. The van der Waals surface area contributed by atoms with Crippen LogP contribution in [0.4, 0.5) is 0 Å². The van der Waals surface area contributed by atoms with Crippen LogP contribution in [-0.2, 0) is 11.3 Å². The average Bonchev–Trinajstić information content (AvgIpc) is 2.09. The summed E-state index contributed by atoms with van der Waals surface area (Å²) in [7, 11) is 1.55. The van der Waals surface area contributed by atoms with Crippen molar-refractivity contribution >= 4 is 22.9 Å². The minimum absolute atomic E-state index is 0.520. The topological polar surface area (TPSA) is 38.3 Å². The predicted octanol–water partition coefficient (Wildman–Crippen LogP) is 1.52. The van der Waals surface area contributed by atoms with Gasteiger partial charge in [-0.2, -0.15) is 4.21 Å². The molecule has 0 spiro atoms. The van der Waals surface area contributed by atoms with Crippen molar-refractivity contribution in [1.82, 2.24) is 4.72 Å². The SMILES string of the molecule is CNS(=O)Oc1ccc(Cl)cc1. The molecule has 0 fully saturated rings. The summed E-state index contributed by atoms with van der Waals surface area (Å²) in [5.74, 6) is 0.520. The standard InChI is InChI=1S/C7H8ClNO2S/c1-9-12(10)11-7-4-2-6(8)3-5-7/h2-5,9H,1H3. The maximum absolute atomic E-state index is 10.8. The summed E-state index contributed by atoms with van der Waals surface area (Å²) in [4.78, 5) is 0. The van der Waals surface area contributed by atoms with Gasteiger partial charge in [-0.1, -0.05) is 11.6 Å². The fourth-order valence-electron chi connectivity index (χ4n) is 0.619. The fraction of sp³-hybridized carbons (Fsp3) is 0.143. The highest BCUT2D eigenvalue weighted by Crippen LogP contribution is 2.15. The number of hydrogen-bond donors (Lipinski definition) is 1. The second-order valence-corrected chi connectivity index (χ2v) is 3.46. The van der Waals surface area contributed by atoms with Crippen LogP contribution in [0.3, 0.4) is 0 Å². The Bertz CT molecular complexity index is 275. The highest BCUT2D eigenvalue weighted by molar-refractivity contribution is 7.78. The zero-order chi connectivity index (χ0) is 8.97. The van der Waals surface area contributed by atoms with Gasteiger partial charge in [-0.05, 0) is 31.3 Å². The van der Waals surface area contributed by atoms with Crippen LogP contribution in [0.5, 0.6) is 5.75 Å². The Hall–Kier alpha value is -0.580. The van der Waals surface area contributed by atoms with Crippen LogP contribution in [0, 0.1) is 0 Å². The molecule has 0 saturated heterocycles. The Labute approximate surface area is 78.5 Å². The van der Waals surface area contributed by atoms with E-state index >= 15 is 0 Å². The van der Waals surface area contributed by atoms with Crippen LogP contribution < -0.4 is 8.91 Å². The highest BCUT2D eigenvalue weighted by atomic mass is 35.5.